The molecular weight excluding hydrogens is 164 g/mol. The van der Waals surface area contributed by atoms with Crippen molar-refractivity contribution in [3.63, 3.8) is 0 Å². The molecule has 3 heteroatoms. The van der Waals surface area contributed by atoms with E-state index in [0.717, 1.165) is 32.7 Å². The van der Waals surface area contributed by atoms with Gasteiger partial charge in [0.05, 0.1) is 19.3 Å². The van der Waals surface area contributed by atoms with Gasteiger partial charge in [-0.2, -0.15) is 5.26 Å². The highest BCUT2D eigenvalue weighted by Gasteiger charge is 2.49. The molecule has 3 nitrogen and oxygen atoms in total. The summed E-state index contributed by atoms with van der Waals surface area (Å²) in [6, 6.07) is 2.50. The number of rotatable bonds is 1. The van der Waals surface area contributed by atoms with Gasteiger partial charge in [0.2, 0.25) is 0 Å². The highest BCUT2D eigenvalue weighted by molar-refractivity contribution is 5.17. The molecule has 1 aliphatic carbocycles. The fraction of sp³-hybridized carbons (Fsp3) is 0.900. The summed E-state index contributed by atoms with van der Waals surface area (Å²) in [5.74, 6) is 0.538. The normalized spacial score (nSPS) is 40.8. The lowest BCUT2D eigenvalue weighted by Gasteiger charge is -2.51. The molecule has 0 bridgehead atoms. The first kappa shape index (κ1) is 8.98. The van der Waals surface area contributed by atoms with Crippen molar-refractivity contribution in [2.45, 2.75) is 25.3 Å². The largest absolute Gasteiger partial charge is 0.379 e. The minimum absolute atomic E-state index is 0.149. The van der Waals surface area contributed by atoms with Crippen LogP contribution in [0.4, 0.5) is 0 Å². The Labute approximate surface area is 79.3 Å². The van der Waals surface area contributed by atoms with Crippen LogP contribution in [0.25, 0.3) is 0 Å². The van der Waals surface area contributed by atoms with Gasteiger partial charge in [0.25, 0.3) is 0 Å². The molecule has 0 N–H and O–H groups in total. The first-order valence-corrected chi connectivity index (χ1v) is 5.03. The molecule has 1 saturated carbocycles. The summed E-state index contributed by atoms with van der Waals surface area (Å²) in [4.78, 5) is 2.31. The summed E-state index contributed by atoms with van der Waals surface area (Å²) in [7, 11) is 0. The van der Waals surface area contributed by atoms with E-state index in [-0.39, 0.29) is 5.54 Å². The van der Waals surface area contributed by atoms with Crippen LogP contribution < -0.4 is 0 Å². The fourth-order valence-corrected chi connectivity index (χ4v) is 2.38. The maximum Gasteiger partial charge on any atom is 0.111 e. The summed E-state index contributed by atoms with van der Waals surface area (Å²) >= 11 is 0. The van der Waals surface area contributed by atoms with Crippen molar-refractivity contribution in [3.8, 4) is 6.07 Å². The predicted octanol–water partition coefficient (Wildman–Crippen LogP) is 1.01. The minimum Gasteiger partial charge on any atom is -0.379 e. The molecule has 2 unspecified atom stereocenters. The first-order valence-electron chi connectivity index (χ1n) is 5.03. The number of nitriles is 1. The molecule has 0 aromatic carbocycles. The van der Waals surface area contributed by atoms with Crippen LogP contribution in [0.3, 0.4) is 0 Å². The number of morpholine rings is 1. The van der Waals surface area contributed by atoms with Gasteiger partial charge >= 0.3 is 0 Å². The van der Waals surface area contributed by atoms with E-state index in [0.29, 0.717) is 5.92 Å². The van der Waals surface area contributed by atoms with Gasteiger partial charge < -0.3 is 4.74 Å². The third-order valence-electron chi connectivity index (χ3n) is 3.54. The van der Waals surface area contributed by atoms with Gasteiger partial charge in [-0.25, -0.2) is 0 Å². The number of hydrogen-bond acceptors (Lipinski definition) is 3. The van der Waals surface area contributed by atoms with Crippen molar-refractivity contribution in [1.29, 1.82) is 5.26 Å². The molecule has 2 rings (SSSR count). The van der Waals surface area contributed by atoms with Gasteiger partial charge in [-0.15, -0.1) is 0 Å². The zero-order valence-electron chi connectivity index (χ0n) is 8.12. The lowest BCUT2D eigenvalue weighted by molar-refractivity contribution is -0.0562. The molecule has 0 spiro atoms. The standard InChI is InChI=1S/C10H16N2O/c1-9-2-3-10(9,8-11)12-4-6-13-7-5-12/h9H,2-7H2,1H3. The molecular formula is C10H16N2O. The van der Waals surface area contributed by atoms with Crippen molar-refractivity contribution < 1.29 is 4.74 Å². The SMILES string of the molecule is CC1CCC1(C#N)N1CCOCC1. The van der Waals surface area contributed by atoms with Gasteiger partial charge in [-0.1, -0.05) is 6.92 Å². The van der Waals surface area contributed by atoms with Crippen molar-refractivity contribution in [2.24, 2.45) is 5.92 Å². The predicted molar refractivity (Wildman–Crippen MR) is 49.1 cm³/mol. The Morgan fingerprint density at radius 3 is 2.54 bits per heavy atom. The highest BCUT2D eigenvalue weighted by Crippen LogP contribution is 2.42. The molecule has 2 fully saturated rings. The Morgan fingerprint density at radius 2 is 2.15 bits per heavy atom. The topological polar surface area (TPSA) is 36.3 Å². The van der Waals surface area contributed by atoms with Crippen LogP contribution in [0, 0.1) is 17.2 Å². The molecule has 2 atom stereocenters. The highest BCUT2D eigenvalue weighted by atomic mass is 16.5. The van der Waals surface area contributed by atoms with Crippen molar-refractivity contribution in [3.05, 3.63) is 0 Å². The Hall–Kier alpha value is -0.590. The zero-order valence-corrected chi connectivity index (χ0v) is 8.12. The van der Waals surface area contributed by atoms with Crippen molar-refractivity contribution >= 4 is 0 Å². The molecule has 72 valence electrons. The van der Waals surface area contributed by atoms with Crippen LogP contribution in [-0.2, 0) is 4.74 Å². The molecule has 0 aromatic rings. The van der Waals surface area contributed by atoms with E-state index in [9.17, 15) is 5.26 Å². The smallest absolute Gasteiger partial charge is 0.111 e. The monoisotopic (exact) mass is 180 g/mol. The van der Waals surface area contributed by atoms with E-state index in [4.69, 9.17) is 4.74 Å². The van der Waals surface area contributed by atoms with Crippen LogP contribution in [0.1, 0.15) is 19.8 Å². The molecule has 1 saturated heterocycles. The quantitative estimate of drug-likeness (QED) is 0.604. The van der Waals surface area contributed by atoms with E-state index in [2.05, 4.69) is 17.9 Å². The average Bonchev–Trinajstić information content (AvgIpc) is 2.19. The van der Waals surface area contributed by atoms with E-state index in [1.807, 2.05) is 0 Å². The summed E-state index contributed by atoms with van der Waals surface area (Å²) < 4.78 is 5.29. The Bertz CT molecular complexity index is 230. The fourth-order valence-electron chi connectivity index (χ4n) is 2.38. The van der Waals surface area contributed by atoms with Crippen molar-refractivity contribution in [2.75, 3.05) is 26.3 Å². The zero-order chi connectivity index (χ0) is 9.31. The lowest BCUT2D eigenvalue weighted by atomic mass is 9.67. The molecule has 2 aliphatic rings. The van der Waals surface area contributed by atoms with Crippen LogP contribution in [0.5, 0.6) is 0 Å². The number of ether oxygens (including phenoxy) is 1. The van der Waals surface area contributed by atoms with E-state index in [1.54, 1.807) is 0 Å². The second-order valence-corrected chi connectivity index (χ2v) is 4.08. The Kier molecular flexibility index (Phi) is 2.27. The van der Waals surface area contributed by atoms with Crippen LogP contribution >= 0.6 is 0 Å². The lowest BCUT2D eigenvalue weighted by Crippen LogP contribution is -2.61. The van der Waals surface area contributed by atoms with Crippen molar-refractivity contribution in [1.82, 2.24) is 4.90 Å². The summed E-state index contributed by atoms with van der Waals surface area (Å²) in [6.07, 6.45) is 2.25. The summed E-state index contributed by atoms with van der Waals surface area (Å²) in [5, 5.41) is 9.23. The first-order chi connectivity index (χ1) is 6.29. The molecule has 1 heterocycles. The number of nitrogens with zero attached hydrogens (tertiary/aromatic N) is 2. The van der Waals surface area contributed by atoms with Crippen LogP contribution in [0.15, 0.2) is 0 Å². The summed E-state index contributed by atoms with van der Waals surface area (Å²) in [5.41, 5.74) is -0.149. The van der Waals surface area contributed by atoms with Gasteiger partial charge in [-0.3, -0.25) is 4.90 Å². The molecule has 13 heavy (non-hydrogen) atoms. The van der Waals surface area contributed by atoms with Gasteiger partial charge in [0, 0.05) is 13.1 Å². The van der Waals surface area contributed by atoms with Gasteiger partial charge in [0.15, 0.2) is 0 Å². The maximum atomic E-state index is 9.23. The third kappa shape index (κ3) is 1.25. The second kappa shape index (κ2) is 3.28. The molecule has 0 aromatic heterocycles. The molecule has 1 aliphatic heterocycles. The average molecular weight is 180 g/mol. The minimum atomic E-state index is -0.149. The van der Waals surface area contributed by atoms with Gasteiger partial charge in [-0.05, 0) is 18.8 Å². The van der Waals surface area contributed by atoms with Gasteiger partial charge in [0.1, 0.15) is 5.54 Å². The third-order valence-corrected chi connectivity index (χ3v) is 3.54. The van der Waals surface area contributed by atoms with Crippen LogP contribution in [-0.4, -0.2) is 36.7 Å². The van der Waals surface area contributed by atoms with Crippen LogP contribution in [0.2, 0.25) is 0 Å². The molecule has 0 amide bonds. The van der Waals surface area contributed by atoms with E-state index >= 15 is 0 Å². The van der Waals surface area contributed by atoms with E-state index < -0.39 is 0 Å². The molecule has 0 radical (unpaired) electrons. The Balaban J connectivity index is 2.08. The number of hydrogen-bond donors (Lipinski definition) is 0. The Morgan fingerprint density at radius 1 is 1.46 bits per heavy atom. The maximum absolute atomic E-state index is 9.23. The second-order valence-electron chi connectivity index (χ2n) is 4.08. The summed E-state index contributed by atoms with van der Waals surface area (Å²) in [6.45, 7) is 5.62. The van der Waals surface area contributed by atoms with E-state index in [1.165, 1.54) is 6.42 Å².